The molecule has 0 saturated carbocycles. The van der Waals surface area contributed by atoms with Gasteiger partial charge in [0.25, 0.3) is 0 Å². The molecule has 4 N–H and O–H groups in total. The molecule has 1 atom stereocenters. The molecule has 0 unspecified atom stereocenters. The van der Waals surface area contributed by atoms with Crippen LogP contribution in [0.15, 0.2) is 24.3 Å². The molecule has 0 heterocycles. The second kappa shape index (κ2) is 8.08. The molecule has 0 bridgehead atoms. The Hall–Kier alpha value is -2.10. The van der Waals surface area contributed by atoms with Gasteiger partial charge in [-0.05, 0) is 24.1 Å². The second-order valence-corrected chi connectivity index (χ2v) is 4.09. The fourth-order valence-corrected chi connectivity index (χ4v) is 1.70. The summed E-state index contributed by atoms with van der Waals surface area (Å²) in [5, 5.41) is 31.5. The lowest BCUT2D eigenvalue weighted by Crippen LogP contribution is -2.43. The summed E-state index contributed by atoms with van der Waals surface area (Å²) in [7, 11) is 0. The van der Waals surface area contributed by atoms with E-state index in [2.05, 4.69) is 10.6 Å². The first-order valence-corrected chi connectivity index (χ1v) is 5.95. The Morgan fingerprint density at radius 3 is 2.58 bits per heavy atom. The summed E-state index contributed by atoms with van der Waals surface area (Å²) in [4.78, 5) is 10.7. The molecule has 0 aliphatic carbocycles. The van der Waals surface area contributed by atoms with Gasteiger partial charge in [-0.3, -0.25) is 0 Å². The van der Waals surface area contributed by atoms with E-state index >= 15 is 0 Å². The average Bonchev–Trinajstić information content (AvgIpc) is 2.39. The molecule has 0 radical (unpaired) electrons. The maximum absolute atomic E-state index is 10.7. The van der Waals surface area contributed by atoms with E-state index in [-0.39, 0.29) is 12.6 Å². The van der Waals surface area contributed by atoms with Crippen LogP contribution in [0, 0.1) is 11.3 Å². The van der Waals surface area contributed by atoms with Gasteiger partial charge >= 0.3 is 6.09 Å². The van der Waals surface area contributed by atoms with Gasteiger partial charge in [0.1, 0.15) is 0 Å². The van der Waals surface area contributed by atoms with Crippen molar-refractivity contribution in [2.75, 3.05) is 19.7 Å². The number of nitrogens with one attached hydrogen (secondary N) is 2. The first-order chi connectivity index (χ1) is 9.15. The quantitative estimate of drug-likeness (QED) is 0.530. The van der Waals surface area contributed by atoms with Crippen LogP contribution < -0.4 is 10.6 Å². The standard InChI is InChI=1S/C13H17N3O3/c14-8-11-3-1-10(2-4-11)7-12(16-13(18)19)9-15-5-6-17/h1-4,12,15-17H,5-7,9H2,(H,18,19)/t12-/m1/s1. The van der Waals surface area contributed by atoms with Gasteiger partial charge in [-0.15, -0.1) is 0 Å². The number of nitrogens with zero attached hydrogens (tertiary/aromatic N) is 1. The first kappa shape index (κ1) is 15.0. The van der Waals surface area contributed by atoms with Crippen molar-refractivity contribution in [2.24, 2.45) is 0 Å². The van der Waals surface area contributed by atoms with Gasteiger partial charge < -0.3 is 20.8 Å². The van der Waals surface area contributed by atoms with E-state index in [0.717, 1.165) is 5.56 Å². The summed E-state index contributed by atoms with van der Waals surface area (Å²) >= 11 is 0. The number of nitriles is 1. The van der Waals surface area contributed by atoms with E-state index < -0.39 is 6.09 Å². The van der Waals surface area contributed by atoms with Crippen molar-refractivity contribution in [3.63, 3.8) is 0 Å². The van der Waals surface area contributed by atoms with Crippen molar-refractivity contribution in [2.45, 2.75) is 12.5 Å². The Labute approximate surface area is 111 Å². The predicted molar refractivity (Wildman–Crippen MR) is 69.8 cm³/mol. The van der Waals surface area contributed by atoms with Crippen LogP contribution in [0.4, 0.5) is 4.79 Å². The molecule has 102 valence electrons. The van der Waals surface area contributed by atoms with Crippen LogP contribution in [0.2, 0.25) is 0 Å². The average molecular weight is 263 g/mol. The molecular formula is C13H17N3O3. The molecule has 0 fully saturated rings. The molecule has 6 nitrogen and oxygen atoms in total. The zero-order valence-electron chi connectivity index (χ0n) is 10.5. The third-order valence-electron chi connectivity index (χ3n) is 2.57. The van der Waals surface area contributed by atoms with Crippen molar-refractivity contribution in [3.8, 4) is 6.07 Å². The Kier molecular flexibility index (Phi) is 6.36. The molecule has 0 aliphatic heterocycles. The van der Waals surface area contributed by atoms with E-state index in [4.69, 9.17) is 15.5 Å². The van der Waals surface area contributed by atoms with Crippen LogP contribution >= 0.6 is 0 Å². The van der Waals surface area contributed by atoms with E-state index in [9.17, 15) is 4.79 Å². The number of aliphatic hydroxyl groups excluding tert-OH is 1. The molecule has 0 aromatic heterocycles. The lowest BCUT2D eigenvalue weighted by Gasteiger charge is -2.17. The zero-order valence-corrected chi connectivity index (χ0v) is 10.5. The largest absolute Gasteiger partial charge is 0.465 e. The van der Waals surface area contributed by atoms with Gasteiger partial charge in [0.05, 0.1) is 18.2 Å². The van der Waals surface area contributed by atoms with Gasteiger partial charge in [-0.25, -0.2) is 4.79 Å². The van der Waals surface area contributed by atoms with E-state index in [1.807, 2.05) is 6.07 Å². The highest BCUT2D eigenvalue weighted by Crippen LogP contribution is 2.06. The van der Waals surface area contributed by atoms with Crippen LogP contribution in [0.3, 0.4) is 0 Å². The molecule has 0 saturated heterocycles. The second-order valence-electron chi connectivity index (χ2n) is 4.09. The Morgan fingerprint density at radius 2 is 2.05 bits per heavy atom. The van der Waals surface area contributed by atoms with E-state index in [1.54, 1.807) is 24.3 Å². The highest BCUT2D eigenvalue weighted by molar-refractivity contribution is 5.64. The van der Waals surface area contributed by atoms with Gasteiger partial charge in [-0.2, -0.15) is 5.26 Å². The number of amides is 1. The van der Waals surface area contributed by atoms with Crippen molar-refractivity contribution < 1.29 is 15.0 Å². The maximum Gasteiger partial charge on any atom is 0.404 e. The molecule has 1 aromatic carbocycles. The van der Waals surface area contributed by atoms with Crippen molar-refractivity contribution in [1.29, 1.82) is 5.26 Å². The van der Waals surface area contributed by atoms with Gasteiger partial charge in [0.2, 0.25) is 0 Å². The fourth-order valence-electron chi connectivity index (χ4n) is 1.70. The fraction of sp³-hybridized carbons (Fsp3) is 0.385. The minimum absolute atomic E-state index is 0.0106. The third-order valence-corrected chi connectivity index (χ3v) is 2.57. The number of carbonyl (C=O) groups is 1. The Balaban J connectivity index is 2.59. The predicted octanol–water partition coefficient (Wildman–Crippen LogP) is 0.319. The number of aliphatic hydroxyl groups is 1. The van der Waals surface area contributed by atoms with Crippen LogP contribution in [0.25, 0.3) is 0 Å². The number of carboxylic acid groups (broad SMARTS) is 1. The van der Waals surface area contributed by atoms with Gasteiger partial charge in [0, 0.05) is 19.1 Å². The minimum Gasteiger partial charge on any atom is -0.465 e. The van der Waals surface area contributed by atoms with E-state index in [1.165, 1.54) is 0 Å². The molecule has 0 aliphatic rings. The molecule has 1 amide bonds. The van der Waals surface area contributed by atoms with Crippen LogP contribution in [0.5, 0.6) is 0 Å². The number of hydrogen-bond donors (Lipinski definition) is 4. The molecule has 6 heteroatoms. The number of benzene rings is 1. The molecule has 1 rings (SSSR count). The zero-order chi connectivity index (χ0) is 14.1. The molecule has 19 heavy (non-hydrogen) atoms. The first-order valence-electron chi connectivity index (χ1n) is 5.95. The summed E-state index contributed by atoms with van der Waals surface area (Å²) in [5.41, 5.74) is 1.52. The SMILES string of the molecule is N#Cc1ccc(C[C@H](CNCCO)NC(=O)O)cc1. The molecule has 1 aromatic rings. The smallest absolute Gasteiger partial charge is 0.404 e. The van der Waals surface area contributed by atoms with Crippen molar-refractivity contribution in [3.05, 3.63) is 35.4 Å². The Morgan fingerprint density at radius 1 is 1.37 bits per heavy atom. The summed E-state index contributed by atoms with van der Waals surface area (Å²) in [6, 6.07) is 8.77. The summed E-state index contributed by atoms with van der Waals surface area (Å²) < 4.78 is 0. The van der Waals surface area contributed by atoms with Crippen molar-refractivity contribution >= 4 is 6.09 Å². The van der Waals surface area contributed by atoms with Crippen molar-refractivity contribution in [1.82, 2.24) is 10.6 Å². The summed E-state index contributed by atoms with van der Waals surface area (Å²) in [6.07, 6.45) is -0.555. The number of hydrogen-bond acceptors (Lipinski definition) is 4. The van der Waals surface area contributed by atoms with Crippen LogP contribution in [0.1, 0.15) is 11.1 Å². The molecular weight excluding hydrogens is 246 g/mol. The highest BCUT2D eigenvalue weighted by Gasteiger charge is 2.11. The lowest BCUT2D eigenvalue weighted by atomic mass is 10.0. The Bertz CT molecular complexity index is 439. The van der Waals surface area contributed by atoms with Gasteiger partial charge in [0.15, 0.2) is 0 Å². The topological polar surface area (TPSA) is 105 Å². The van der Waals surface area contributed by atoms with Gasteiger partial charge in [-0.1, -0.05) is 12.1 Å². The lowest BCUT2D eigenvalue weighted by molar-refractivity contribution is 0.189. The maximum atomic E-state index is 10.7. The number of rotatable bonds is 7. The highest BCUT2D eigenvalue weighted by atomic mass is 16.4. The minimum atomic E-state index is -1.08. The van der Waals surface area contributed by atoms with Crippen LogP contribution in [-0.2, 0) is 6.42 Å². The molecule has 0 spiro atoms. The normalized spacial score (nSPS) is 11.6. The monoisotopic (exact) mass is 263 g/mol. The summed E-state index contributed by atoms with van der Waals surface area (Å²) in [5.74, 6) is 0. The summed E-state index contributed by atoms with van der Waals surface area (Å²) in [6.45, 7) is 0.870. The van der Waals surface area contributed by atoms with Crippen LogP contribution in [-0.4, -0.2) is 42.0 Å². The van der Waals surface area contributed by atoms with E-state index in [0.29, 0.717) is 25.1 Å². The third kappa shape index (κ3) is 5.86.